The summed E-state index contributed by atoms with van der Waals surface area (Å²) in [4.78, 5) is 0. The highest BCUT2D eigenvalue weighted by Gasteiger charge is 2.15. The van der Waals surface area contributed by atoms with Crippen LogP contribution in [-0.2, 0) is 5.41 Å². The maximum atomic E-state index is 3.51. The van der Waals surface area contributed by atoms with Crippen molar-refractivity contribution in [2.24, 2.45) is 0 Å². The van der Waals surface area contributed by atoms with Crippen LogP contribution in [0.4, 0.5) is 0 Å². The molecular weight excluding hydrogens is 200 g/mol. The van der Waals surface area contributed by atoms with E-state index in [0.717, 1.165) is 0 Å². The number of hydrogen-bond acceptors (Lipinski definition) is 0. The molecule has 1 radical (unpaired) electrons. The average molecular weight is 212 g/mol. The Balaban J connectivity index is 3.14. The fourth-order valence-electron chi connectivity index (χ4n) is 0.986. The Hall–Kier alpha value is -0.300. The Morgan fingerprint density at radius 3 is 2.36 bits per heavy atom. The Bertz CT molecular complexity index is 245. The van der Waals surface area contributed by atoms with E-state index in [9.17, 15) is 0 Å². The van der Waals surface area contributed by atoms with Crippen molar-refractivity contribution in [2.75, 3.05) is 0 Å². The van der Waals surface area contributed by atoms with E-state index in [1.807, 2.05) is 18.2 Å². The largest absolute Gasteiger partial charge is 0.0560 e. The summed E-state index contributed by atoms with van der Waals surface area (Å²) in [6, 6.07) is 9.05. The Kier molecular flexibility index (Phi) is 2.38. The van der Waals surface area contributed by atoms with Crippen molar-refractivity contribution in [2.45, 2.75) is 26.2 Å². The topological polar surface area (TPSA) is 0 Å². The minimum Gasteiger partial charge on any atom is -0.0560 e. The minimum atomic E-state index is 0.205. The molecular formula is C10H12Br. The second-order valence-corrected chi connectivity index (χ2v) is 4.51. The van der Waals surface area contributed by atoms with Gasteiger partial charge in [-0.05, 0) is 29.2 Å². The molecule has 0 saturated carbocycles. The summed E-state index contributed by atoms with van der Waals surface area (Å²) in [7, 11) is 0. The molecule has 0 heterocycles. The molecule has 0 aliphatic heterocycles. The first-order valence-corrected chi connectivity index (χ1v) is 4.47. The van der Waals surface area contributed by atoms with Gasteiger partial charge in [0.25, 0.3) is 0 Å². The summed E-state index contributed by atoms with van der Waals surface area (Å²) >= 11 is 3.51. The summed E-state index contributed by atoms with van der Waals surface area (Å²) < 4.78 is 1.17. The molecule has 0 aromatic heterocycles. The van der Waals surface area contributed by atoms with Crippen LogP contribution in [0.5, 0.6) is 0 Å². The molecule has 0 saturated heterocycles. The van der Waals surface area contributed by atoms with Gasteiger partial charge in [-0.25, -0.2) is 0 Å². The molecule has 11 heavy (non-hydrogen) atoms. The molecule has 0 spiro atoms. The summed E-state index contributed by atoms with van der Waals surface area (Å²) in [6.07, 6.45) is 0. The van der Waals surface area contributed by atoms with E-state index in [4.69, 9.17) is 0 Å². The highest BCUT2D eigenvalue weighted by atomic mass is 79.9. The molecule has 0 N–H and O–H groups in total. The lowest BCUT2D eigenvalue weighted by Crippen LogP contribution is -2.11. The first-order valence-electron chi connectivity index (χ1n) is 3.68. The predicted octanol–water partition coefficient (Wildman–Crippen LogP) is 3.55. The van der Waals surface area contributed by atoms with Crippen LogP contribution in [-0.4, -0.2) is 0 Å². The van der Waals surface area contributed by atoms with E-state index in [1.165, 1.54) is 10.0 Å². The Morgan fingerprint density at radius 1 is 1.36 bits per heavy atom. The lowest BCUT2D eigenvalue weighted by Gasteiger charge is -2.20. The zero-order chi connectivity index (χ0) is 8.48. The zero-order valence-corrected chi connectivity index (χ0v) is 8.70. The highest BCUT2D eigenvalue weighted by molar-refractivity contribution is 9.10. The lowest BCUT2D eigenvalue weighted by atomic mass is 9.87. The van der Waals surface area contributed by atoms with E-state index in [-0.39, 0.29) is 5.41 Å². The third-order valence-electron chi connectivity index (χ3n) is 1.62. The van der Waals surface area contributed by atoms with Gasteiger partial charge in [-0.2, -0.15) is 0 Å². The third-order valence-corrected chi connectivity index (χ3v) is 2.31. The van der Waals surface area contributed by atoms with Crippen molar-refractivity contribution >= 4 is 15.9 Å². The fraction of sp³-hybridized carbons (Fsp3) is 0.400. The van der Waals surface area contributed by atoms with E-state index < -0.39 is 0 Å². The molecule has 0 aliphatic rings. The molecule has 0 nitrogen and oxygen atoms in total. The SMILES string of the molecule is CC(C)(C)c1c[c]ccc1Br. The lowest BCUT2D eigenvalue weighted by molar-refractivity contribution is 0.587. The van der Waals surface area contributed by atoms with Gasteiger partial charge >= 0.3 is 0 Å². The van der Waals surface area contributed by atoms with Gasteiger partial charge in [0.2, 0.25) is 0 Å². The predicted molar refractivity (Wildman–Crippen MR) is 51.7 cm³/mol. The Morgan fingerprint density at radius 2 is 2.00 bits per heavy atom. The number of halogens is 1. The zero-order valence-electron chi connectivity index (χ0n) is 7.11. The van der Waals surface area contributed by atoms with E-state index >= 15 is 0 Å². The van der Waals surface area contributed by atoms with Gasteiger partial charge < -0.3 is 0 Å². The van der Waals surface area contributed by atoms with Gasteiger partial charge in [-0.15, -0.1) is 0 Å². The molecule has 0 fully saturated rings. The quantitative estimate of drug-likeness (QED) is 0.616. The van der Waals surface area contributed by atoms with Crippen LogP contribution in [0.15, 0.2) is 22.7 Å². The van der Waals surface area contributed by atoms with Crippen molar-refractivity contribution < 1.29 is 0 Å². The van der Waals surface area contributed by atoms with Gasteiger partial charge in [0.05, 0.1) is 0 Å². The standard InChI is InChI=1S/C10H12Br/c1-10(2,3)8-6-4-5-7-9(8)11/h5-7H,1-3H3. The molecule has 0 aliphatic carbocycles. The van der Waals surface area contributed by atoms with Crippen LogP contribution in [0.2, 0.25) is 0 Å². The van der Waals surface area contributed by atoms with Crippen molar-refractivity contribution in [3.63, 3.8) is 0 Å². The first-order chi connectivity index (χ1) is 5.02. The maximum Gasteiger partial charge on any atom is 0.0213 e. The second kappa shape index (κ2) is 2.98. The van der Waals surface area contributed by atoms with Crippen molar-refractivity contribution in [1.82, 2.24) is 0 Å². The van der Waals surface area contributed by atoms with Crippen LogP contribution in [0.1, 0.15) is 26.3 Å². The molecule has 1 rings (SSSR count). The molecule has 1 aromatic carbocycles. The van der Waals surface area contributed by atoms with E-state index in [1.54, 1.807) is 0 Å². The van der Waals surface area contributed by atoms with Crippen molar-refractivity contribution in [3.05, 3.63) is 34.3 Å². The fourth-order valence-corrected chi connectivity index (χ4v) is 1.83. The maximum absolute atomic E-state index is 3.51. The summed E-state index contributed by atoms with van der Waals surface area (Å²) in [5.74, 6) is 0. The van der Waals surface area contributed by atoms with Crippen molar-refractivity contribution in [1.29, 1.82) is 0 Å². The monoisotopic (exact) mass is 211 g/mol. The molecule has 0 amide bonds. The Labute approximate surface area is 76.8 Å². The summed E-state index contributed by atoms with van der Waals surface area (Å²) in [5, 5.41) is 0. The van der Waals surface area contributed by atoms with Gasteiger partial charge in [0, 0.05) is 4.47 Å². The molecule has 0 unspecified atom stereocenters. The van der Waals surface area contributed by atoms with Crippen molar-refractivity contribution in [3.8, 4) is 0 Å². The third kappa shape index (κ3) is 2.06. The minimum absolute atomic E-state index is 0.205. The molecule has 0 atom stereocenters. The average Bonchev–Trinajstić information content (AvgIpc) is 1.86. The number of hydrogen-bond donors (Lipinski definition) is 0. The molecule has 0 bridgehead atoms. The van der Waals surface area contributed by atoms with Gasteiger partial charge in [0.15, 0.2) is 0 Å². The smallest absolute Gasteiger partial charge is 0.0213 e. The molecule has 1 aromatic rings. The normalized spacial score (nSPS) is 11.6. The number of rotatable bonds is 0. The van der Waals surface area contributed by atoms with Crippen LogP contribution in [0.3, 0.4) is 0 Å². The van der Waals surface area contributed by atoms with Crippen LogP contribution in [0, 0.1) is 6.07 Å². The summed E-state index contributed by atoms with van der Waals surface area (Å²) in [6.45, 7) is 6.59. The highest BCUT2D eigenvalue weighted by Crippen LogP contribution is 2.28. The van der Waals surface area contributed by atoms with Gasteiger partial charge in [0.1, 0.15) is 0 Å². The molecule has 1 heteroatoms. The first kappa shape index (κ1) is 8.79. The summed E-state index contributed by atoms with van der Waals surface area (Å²) in [5.41, 5.74) is 1.51. The van der Waals surface area contributed by atoms with Crippen LogP contribution < -0.4 is 0 Å². The molecule has 59 valence electrons. The second-order valence-electron chi connectivity index (χ2n) is 3.66. The van der Waals surface area contributed by atoms with Crippen LogP contribution in [0.25, 0.3) is 0 Å². The number of benzene rings is 1. The van der Waals surface area contributed by atoms with E-state index in [0.29, 0.717) is 0 Å². The van der Waals surface area contributed by atoms with E-state index in [2.05, 4.69) is 42.8 Å². The van der Waals surface area contributed by atoms with Crippen LogP contribution >= 0.6 is 15.9 Å². The van der Waals surface area contributed by atoms with Gasteiger partial charge in [-0.1, -0.05) is 42.8 Å². The van der Waals surface area contributed by atoms with Gasteiger partial charge in [-0.3, -0.25) is 0 Å².